The summed E-state index contributed by atoms with van der Waals surface area (Å²) >= 11 is 7.99. The van der Waals surface area contributed by atoms with Crippen LogP contribution in [0.3, 0.4) is 0 Å². The number of thioether (sulfide) groups is 1. The smallest absolute Gasteiger partial charge is 0.371 e. The second-order valence-electron chi connectivity index (χ2n) is 4.47. The second kappa shape index (κ2) is 4.62. The Morgan fingerprint density at radius 1 is 1.47 bits per heavy atom. The lowest BCUT2D eigenvalue weighted by molar-refractivity contribution is -0.135. The number of hydrogen-bond acceptors (Lipinski definition) is 3. The molecule has 0 radical (unpaired) electrons. The van der Waals surface area contributed by atoms with Gasteiger partial charge in [0, 0.05) is 16.2 Å². The Hall–Kier alpha value is -1.39. The summed E-state index contributed by atoms with van der Waals surface area (Å²) in [6.07, 6.45) is 2.21. The molecule has 0 atom stereocenters. The zero-order valence-corrected chi connectivity index (χ0v) is 11.8. The zero-order valence-electron chi connectivity index (χ0n) is 10.2. The summed E-state index contributed by atoms with van der Waals surface area (Å²) in [5.74, 6) is 0.374. The van der Waals surface area contributed by atoms with Crippen molar-refractivity contribution >= 4 is 35.1 Å². The van der Waals surface area contributed by atoms with Gasteiger partial charge in [-0.05, 0) is 36.6 Å². The van der Waals surface area contributed by atoms with E-state index in [9.17, 15) is 4.79 Å². The Bertz CT molecular complexity index is 646. The fourth-order valence-electron chi connectivity index (χ4n) is 2.24. The molecular weight excluding hydrogens is 284 g/mol. The molecule has 0 saturated heterocycles. The average Bonchev–Trinajstić information content (AvgIpc) is 2.41. The van der Waals surface area contributed by atoms with Crippen LogP contribution in [-0.2, 0) is 9.53 Å². The van der Waals surface area contributed by atoms with Crippen LogP contribution in [0.15, 0.2) is 34.4 Å². The summed E-state index contributed by atoms with van der Waals surface area (Å²) in [6.45, 7) is 2.02. The highest BCUT2D eigenvalue weighted by molar-refractivity contribution is 7.99. The molecule has 1 aromatic carbocycles. The molecule has 0 fully saturated rings. The first kappa shape index (κ1) is 12.6. The van der Waals surface area contributed by atoms with E-state index in [0.29, 0.717) is 17.2 Å². The van der Waals surface area contributed by atoms with Crippen molar-refractivity contribution in [3.05, 3.63) is 45.7 Å². The standard InChI is InChI=1S/C14H11ClO3S/c1-7-2-4-9(15)11-12-8(6-19-13(7)11)3-5-10(18-12)14(16)17/h2,4-5H,3,6H2,1H3,(H,16,17). The van der Waals surface area contributed by atoms with E-state index in [-0.39, 0.29) is 5.76 Å². The van der Waals surface area contributed by atoms with E-state index in [1.54, 1.807) is 17.8 Å². The topological polar surface area (TPSA) is 46.5 Å². The molecule has 0 amide bonds. The Balaban J connectivity index is 2.12. The van der Waals surface area contributed by atoms with Crippen LogP contribution in [0.5, 0.6) is 0 Å². The molecule has 5 heteroatoms. The van der Waals surface area contributed by atoms with Crippen LogP contribution in [0.25, 0.3) is 5.76 Å². The molecule has 0 aliphatic carbocycles. The second-order valence-corrected chi connectivity index (χ2v) is 5.86. The molecule has 3 nitrogen and oxygen atoms in total. The van der Waals surface area contributed by atoms with Gasteiger partial charge >= 0.3 is 5.97 Å². The predicted molar refractivity (Wildman–Crippen MR) is 75.3 cm³/mol. The van der Waals surface area contributed by atoms with Crippen molar-refractivity contribution in [3.8, 4) is 0 Å². The largest absolute Gasteiger partial charge is 0.475 e. The molecule has 19 heavy (non-hydrogen) atoms. The van der Waals surface area contributed by atoms with Crippen LogP contribution < -0.4 is 0 Å². The van der Waals surface area contributed by atoms with Crippen molar-refractivity contribution in [1.82, 2.24) is 0 Å². The summed E-state index contributed by atoms with van der Waals surface area (Å²) in [5, 5.41) is 9.65. The monoisotopic (exact) mass is 294 g/mol. The minimum atomic E-state index is -1.05. The van der Waals surface area contributed by atoms with E-state index in [2.05, 4.69) is 0 Å². The van der Waals surface area contributed by atoms with Gasteiger partial charge in [-0.15, -0.1) is 11.8 Å². The number of aryl methyl sites for hydroxylation is 1. The van der Waals surface area contributed by atoms with Gasteiger partial charge in [0.15, 0.2) is 0 Å². The van der Waals surface area contributed by atoms with E-state index >= 15 is 0 Å². The number of halogens is 1. The molecule has 0 bridgehead atoms. The number of aliphatic carboxylic acids is 1. The van der Waals surface area contributed by atoms with Crippen LogP contribution in [-0.4, -0.2) is 16.8 Å². The Morgan fingerprint density at radius 2 is 2.26 bits per heavy atom. The normalized spacial score (nSPS) is 17.3. The Labute approximate surface area is 119 Å². The highest BCUT2D eigenvalue weighted by atomic mass is 35.5. The number of benzene rings is 1. The summed E-state index contributed by atoms with van der Waals surface area (Å²) in [4.78, 5) is 12.1. The molecular formula is C14H11ClO3S. The van der Waals surface area contributed by atoms with Crippen molar-refractivity contribution < 1.29 is 14.6 Å². The highest BCUT2D eigenvalue weighted by Gasteiger charge is 2.29. The van der Waals surface area contributed by atoms with Crippen molar-refractivity contribution in [2.45, 2.75) is 18.2 Å². The summed E-state index contributed by atoms with van der Waals surface area (Å²) in [5.41, 5.74) is 3.06. The molecule has 2 aliphatic rings. The number of allylic oxidation sites excluding steroid dienone is 1. The number of ether oxygens (including phenoxy) is 1. The number of carboxylic acids is 1. The van der Waals surface area contributed by atoms with Gasteiger partial charge in [0.05, 0.1) is 5.02 Å². The maximum atomic E-state index is 11.0. The molecule has 1 aromatic rings. The fraction of sp³-hybridized carbons (Fsp3) is 0.214. The van der Waals surface area contributed by atoms with E-state index in [1.807, 2.05) is 19.1 Å². The van der Waals surface area contributed by atoms with Crippen LogP contribution in [0.1, 0.15) is 17.5 Å². The molecule has 2 heterocycles. The van der Waals surface area contributed by atoms with Gasteiger partial charge in [0.2, 0.25) is 5.76 Å². The van der Waals surface area contributed by atoms with E-state index in [1.165, 1.54) is 0 Å². The van der Waals surface area contributed by atoms with E-state index in [4.69, 9.17) is 21.4 Å². The number of rotatable bonds is 1. The van der Waals surface area contributed by atoms with E-state index in [0.717, 1.165) is 27.3 Å². The molecule has 0 spiro atoms. The van der Waals surface area contributed by atoms with Crippen molar-refractivity contribution in [3.63, 3.8) is 0 Å². The number of carboxylic acid groups (broad SMARTS) is 1. The van der Waals surface area contributed by atoms with Crippen LogP contribution >= 0.6 is 23.4 Å². The van der Waals surface area contributed by atoms with Crippen molar-refractivity contribution in [1.29, 1.82) is 0 Å². The van der Waals surface area contributed by atoms with Gasteiger partial charge in [0.1, 0.15) is 5.76 Å². The lowest BCUT2D eigenvalue weighted by Gasteiger charge is -2.27. The third kappa shape index (κ3) is 2.05. The number of hydrogen-bond donors (Lipinski definition) is 1. The molecule has 3 rings (SSSR count). The molecule has 0 aromatic heterocycles. The third-order valence-electron chi connectivity index (χ3n) is 3.20. The van der Waals surface area contributed by atoms with Crippen LogP contribution in [0, 0.1) is 6.92 Å². The molecule has 1 N–H and O–H groups in total. The average molecular weight is 295 g/mol. The van der Waals surface area contributed by atoms with Crippen LogP contribution in [0.2, 0.25) is 5.02 Å². The SMILES string of the molecule is Cc1ccc(Cl)c2c1SCC1=C2OC(C(=O)O)=CC1. The number of carbonyl (C=O) groups is 1. The van der Waals surface area contributed by atoms with Crippen LogP contribution in [0.4, 0.5) is 0 Å². The summed E-state index contributed by atoms with van der Waals surface area (Å²) in [7, 11) is 0. The first-order valence-electron chi connectivity index (χ1n) is 5.83. The predicted octanol–water partition coefficient (Wildman–Crippen LogP) is 3.85. The fourth-order valence-corrected chi connectivity index (χ4v) is 3.74. The first-order valence-corrected chi connectivity index (χ1v) is 7.20. The lowest BCUT2D eigenvalue weighted by Crippen LogP contribution is -2.14. The van der Waals surface area contributed by atoms with Gasteiger partial charge < -0.3 is 9.84 Å². The summed E-state index contributed by atoms with van der Waals surface area (Å²) in [6, 6.07) is 3.80. The lowest BCUT2D eigenvalue weighted by atomic mass is 10.0. The first-order chi connectivity index (χ1) is 9.08. The number of fused-ring (bicyclic) bond motifs is 2. The Kier molecular flexibility index (Phi) is 3.07. The zero-order chi connectivity index (χ0) is 13.6. The minimum absolute atomic E-state index is 0.0193. The van der Waals surface area contributed by atoms with Gasteiger partial charge in [0.25, 0.3) is 0 Å². The van der Waals surface area contributed by atoms with E-state index < -0.39 is 5.97 Å². The quantitative estimate of drug-likeness (QED) is 0.854. The van der Waals surface area contributed by atoms with Gasteiger partial charge in [-0.1, -0.05) is 17.7 Å². The Morgan fingerprint density at radius 3 is 3.00 bits per heavy atom. The van der Waals surface area contributed by atoms with Crippen molar-refractivity contribution in [2.24, 2.45) is 0 Å². The maximum Gasteiger partial charge on any atom is 0.371 e. The van der Waals surface area contributed by atoms with Crippen molar-refractivity contribution in [2.75, 3.05) is 5.75 Å². The molecule has 2 aliphatic heterocycles. The maximum absolute atomic E-state index is 11.0. The molecule has 0 unspecified atom stereocenters. The molecule has 98 valence electrons. The van der Waals surface area contributed by atoms with Gasteiger partial charge in [-0.3, -0.25) is 0 Å². The van der Waals surface area contributed by atoms with Gasteiger partial charge in [-0.25, -0.2) is 4.79 Å². The minimum Gasteiger partial charge on any atom is -0.475 e. The third-order valence-corrected chi connectivity index (χ3v) is 4.82. The molecule has 0 saturated carbocycles. The highest BCUT2D eigenvalue weighted by Crippen LogP contribution is 2.46. The van der Waals surface area contributed by atoms with Gasteiger partial charge in [-0.2, -0.15) is 0 Å². The summed E-state index contributed by atoms with van der Waals surface area (Å²) < 4.78 is 5.56.